The molecule has 25 heavy (non-hydrogen) atoms. The van der Waals surface area contributed by atoms with Crippen LogP contribution in [0.3, 0.4) is 0 Å². The summed E-state index contributed by atoms with van der Waals surface area (Å²) < 4.78 is 11.5. The molecule has 0 radical (unpaired) electrons. The summed E-state index contributed by atoms with van der Waals surface area (Å²) in [4.78, 5) is 2.10. The number of hydrogen-bond donors (Lipinski definition) is 1. The first-order valence-electron chi connectivity index (χ1n) is 8.94. The summed E-state index contributed by atoms with van der Waals surface area (Å²) in [5.74, 6) is 1.91. The topological polar surface area (TPSA) is 47.7 Å². The van der Waals surface area contributed by atoms with Crippen LogP contribution in [0.2, 0.25) is 0 Å². The maximum atomic E-state index is 6.10. The number of nitrogens with zero attached hydrogens (tertiary/aromatic N) is 1. The van der Waals surface area contributed by atoms with E-state index in [1.807, 2.05) is 40.1 Å². The molecule has 0 aliphatic carbocycles. The number of ether oxygens (including phenoxy) is 2. The van der Waals surface area contributed by atoms with Gasteiger partial charge in [-0.2, -0.15) is 0 Å². The fraction of sp³-hybridized carbons (Fsp3) is 0.429. The van der Waals surface area contributed by atoms with E-state index in [1.54, 1.807) is 0 Å². The number of hydrogen-bond acceptors (Lipinski definition) is 4. The fourth-order valence-electron chi connectivity index (χ4n) is 2.92. The average molecular weight is 342 g/mol. The Labute approximate surface area is 151 Å². The SMILES string of the molecule is CCOc1ccc(C(CN)Cc2ccc(N(C)C)cc2)c(OCC)c1. The smallest absolute Gasteiger partial charge is 0.126 e. The van der Waals surface area contributed by atoms with Gasteiger partial charge in [0.15, 0.2) is 0 Å². The zero-order chi connectivity index (χ0) is 18.2. The van der Waals surface area contributed by atoms with Crippen LogP contribution >= 0.6 is 0 Å². The molecule has 1 unspecified atom stereocenters. The lowest BCUT2D eigenvalue weighted by atomic mass is 9.91. The normalized spacial score (nSPS) is 11.9. The first-order chi connectivity index (χ1) is 12.1. The van der Waals surface area contributed by atoms with E-state index in [9.17, 15) is 0 Å². The van der Waals surface area contributed by atoms with E-state index in [2.05, 4.69) is 35.2 Å². The molecule has 4 nitrogen and oxygen atoms in total. The van der Waals surface area contributed by atoms with E-state index in [4.69, 9.17) is 15.2 Å². The minimum absolute atomic E-state index is 0.211. The minimum Gasteiger partial charge on any atom is -0.494 e. The second-order valence-corrected chi connectivity index (χ2v) is 6.26. The standard InChI is InChI=1S/C21H30N2O2/c1-5-24-19-11-12-20(21(14-19)25-6-2)17(15-22)13-16-7-9-18(10-8-16)23(3)4/h7-12,14,17H,5-6,13,15,22H2,1-4H3. The van der Waals surface area contributed by atoms with Gasteiger partial charge >= 0.3 is 0 Å². The molecule has 1 atom stereocenters. The zero-order valence-electron chi connectivity index (χ0n) is 15.8. The lowest BCUT2D eigenvalue weighted by molar-refractivity contribution is 0.319. The van der Waals surface area contributed by atoms with Crippen molar-refractivity contribution in [2.24, 2.45) is 5.73 Å². The Bertz CT molecular complexity index is 653. The summed E-state index contributed by atoms with van der Waals surface area (Å²) in [5.41, 5.74) is 9.71. The summed E-state index contributed by atoms with van der Waals surface area (Å²) in [7, 11) is 4.10. The summed E-state index contributed by atoms with van der Waals surface area (Å²) in [6.45, 7) is 5.81. The summed E-state index contributed by atoms with van der Waals surface area (Å²) in [6, 6.07) is 14.7. The van der Waals surface area contributed by atoms with Gasteiger partial charge in [-0.15, -0.1) is 0 Å². The van der Waals surface area contributed by atoms with Gasteiger partial charge in [-0.05, 0) is 56.1 Å². The van der Waals surface area contributed by atoms with Crippen molar-refractivity contribution in [3.05, 3.63) is 53.6 Å². The number of rotatable bonds is 9. The summed E-state index contributed by atoms with van der Waals surface area (Å²) >= 11 is 0. The molecule has 0 spiro atoms. The van der Waals surface area contributed by atoms with Crippen LogP contribution in [0, 0.1) is 0 Å². The Hall–Kier alpha value is -2.20. The zero-order valence-corrected chi connectivity index (χ0v) is 15.8. The molecule has 0 amide bonds. The Balaban J connectivity index is 2.23. The highest BCUT2D eigenvalue weighted by molar-refractivity contribution is 5.47. The molecule has 2 rings (SSSR count). The maximum Gasteiger partial charge on any atom is 0.126 e. The Morgan fingerprint density at radius 2 is 1.64 bits per heavy atom. The first-order valence-corrected chi connectivity index (χ1v) is 8.94. The average Bonchev–Trinajstić information content (AvgIpc) is 2.61. The lowest BCUT2D eigenvalue weighted by Gasteiger charge is -2.20. The van der Waals surface area contributed by atoms with E-state index in [0.29, 0.717) is 19.8 Å². The highest BCUT2D eigenvalue weighted by atomic mass is 16.5. The van der Waals surface area contributed by atoms with Crippen LogP contribution in [0.5, 0.6) is 11.5 Å². The molecule has 2 aromatic carbocycles. The highest BCUT2D eigenvalue weighted by Crippen LogP contribution is 2.32. The van der Waals surface area contributed by atoms with Crippen molar-refractivity contribution in [1.82, 2.24) is 0 Å². The molecule has 0 bridgehead atoms. The largest absolute Gasteiger partial charge is 0.494 e. The Morgan fingerprint density at radius 3 is 2.20 bits per heavy atom. The molecule has 2 N–H and O–H groups in total. The van der Waals surface area contributed by atoms with Gasteiger partial charge in [0.25, 0.3) is 0 Å². The maximum absolute atomic E-state index is 6.10. The van der Waals surface area contributed by atoms with Crippen LogP contribution in [0.4, 0.5) is 5.69 Å². The van der Waals surface area contributed by atoms with E-state index in [1.165, 1.54) is 11.3 Å². The number of benzene rings is 2. The van der Waals surface area contributed by atoms with E-state index < -0.39 is 0 Å². The molecule has 2 aromatic rings. The molecule has 136 valence electrons. The Morgan fingerprint density at radius 1 is 0.960 bits per heavy atom. The van der Waals surface area contributed by atoms with Crippen LogP contribution in [0.1, 0.15) is 30.9 Å². The van der Waals surface area contributed by atoms with E-state index in [-0.39, 0.29) is 5.92 Å². The molecule has 0 aliphatic rings. The van der Waals surface area contributed by atoms with Gasteiger partial charge < -0.3 is 20.1 Å². The quantitative estimate of drug-likeness (QED) is 0.752. The lowest BCUT2D eigenvalue weighted by Crippen LogP contribution is -2.16. The van der Waals surface area contributed by atoms with Crippen LogP contribution in [0.15, 0.2) is 42.5 Å². The van der Waals surface area contributed by atoms with Crippen molar-refractivity contribution in [2.45, 2.75) is 26.2 Å². The van der Waals surface area contributed by atoms with Crippen LogP contribution < -0.4 is 20.1 Å². The van der Waals surface area contributed by atoms with Gasteiger partial charge in [-0.3, -0.25) is 0 Å². The summed E-state index contributed by atoms with van der Waals surface area (Å²) in [5, 5.41) is 0. The third-order valence-corrected chi connectivity index (χ3v) is 4.26. The van der Waals surface area contributed by atoms with Gasteiger partial charge in [0.1, 0.15) is 11.5 Å². The molecule has 0 saturated carbocycles. The molecule has 0 heterocycles. The minimum atomic E-state index is 0.211. The molecular weight excluding hydrogens is 312 g/mol. The molecule has 0 aromatic heterocycles. The molecular formula is C21H30N2O2. The van der Waals surface area contributed by atoms with Gasteiger partial charge in [-0.1, -0.05) is 18.2 Å². The van der Waals surface area contributed by atoms with Gasteiger partial charge in [0.2, 0.25) is 0 Å². The van der Waals surface area contributed by atoms with Crippen molar-refractivity contribution in [3.8, 4) is 11.5 Å². The molecule has 4 heteroatoms. The molecule has 0 aliphatic heterocycles. The van der Waals surface area contributed by atoms with Gasteiger partial charge in [0.05, 0.1) is 13.2 Å². The number of nitrogens with two attached hydrogens (primary N) is 1. The Kier molecular flexibility index (Phi) is 7.14. The first kappa shape index (κ1) is 19.1. The van der Waals surface area contributed by atoms with Gasteiger partial charge in [-0.25, -0.2) is 0 Å². The van der Waals surface area contributed by atoms with Crippen molar-refractivity contribution < 1.29 is 9.47 Å². The van der Waals surface area contributed by atoms with Crippen molar-refractivity contribution in [1.29, 1.82) is 0 Å². The van der Waals surface area contributed by atoms with Gasteiger partial charge in [0, 0.05) is 31.8 Å². The van der Waals surface area contributed by atoms with Crippen molar-refractivity contribution in [2.75, 3.05) is 38.8 Å². The second-order valence-electron chi connectivity index (χ2n) is 6.26. The predicted octanol–water partition coefficient (Wildman–Crippen LogP) is 3.84. The van der Waals surface area contributed by atoms with Crippen LogP contribution in [-0.2, 0) is 6.42 Å². The molecule has 0 saturated heterocycles. The third kappa shape index (κ3) is 5.13. The monoisotopic (exact) mass is 342 g/mol. The molecule has 0 fully saturated rings. The van der Waals surface area contributed by atoms with Crippen molar-refractivity contribution >= 4 is 5.69 Å². The van der Waals surface area contributed by atoms with Crippen LogP contribution in [-0.4, -0.2) is 33.9 Å². The predicted molar refractivity (Wildman–Crippen MR) is 105 cm³/mol. The van der Waals surface area contributed by atoms with Crippen LogP contribution in [0.25, 0.3) is 0 Å². The fourth-order valence-corrected chi connectivity index (χ4v) is 2.92. The highest BCUT2D eigenvalue weighted by Gasteiger charge is 2.17. The second kappa shape index (κ2) is 9.33. The summed E-state index contributed by atoms with van der Waals surface area (Å²) in [6.07, 6.45) is 0.887. The third-order valence-electron chi connectivity index (χ3n) is 4.26. The van der Waals surface area contributed by atoms with E-state index in [0.717, 1.165) is 23.5 Å². The van der Waals surface area contributed by atoms with E-state index >= 15 is 0 Å². The number of anilines is 1. The van der Waals surface area contributed by atoms with Crippen molar-refractivity contribution in [3.63, 3.8) is 0 Å².